The molecule has 7 nitrogen and oxygen atoms in total. The van der Waals surface area contributed by atoms with E-state index in [2.05, 4.69) is 90.4 Å². The molecule has 7 heteroatoms. The fraction of sp³-hybridized carbons (Fsp3) is 0.296. The minimum Gasteiger partial charge on any atom is -0.462 e. The Morgan fingerprint density at radius 1 is 1.09 bits per heavy atom. The molecule has 1 aliphatic heterocycles. The standard InChI is InChI=1S/C27H28N6O/c1-4-17-8-7-9-18(14-17)23-31-24(22-25(32-23)33-26(30-22)34-16-27(33,2)3)28-13-12-19-15-29-21-11-6-5-10-20(19)21/h5-11,14-15,29H,4,12-13,16H2,1-3H3,(H,28,31,32). The number of aromatic amines is 1. The summed E-state index contributed by atoms with van der Waals surface area (Å²) in [5.41, 5.74) is 6.04. The van der Waals surface area contributed by atoms with Gasteiger partial charge in [0.2, 0.25) is 0 Å². The second-order valence-electron chi connectivity index (χ2n) is 9.49. The number of ether oxygens (including phenoxy) is 1. The number of aryl methyl sites for hydroxylation is 1. The number of imidazole rings is 1. The van der Waals surface area contributed by atoms with Gasteiger partial charge in [-0.2, -0.15) is 4.98 Å². The zero-order valence-electron chi connectivity index (χ0n) is 19.7. The molecule has 5 aromatic rings. The predicted molar refractivity (Wildman–Crippen MR) is 135 cm³/mol. The van der Waals surface area contributed by atoms with Crippen LogP contribution in [0.5, 0.6) is 6.01 Å². The van der Waals surface area contributed by atoms with Crippen LogP contribution in [0.1, 0.15) is 31.9 Å². The zero-order chi connectivity index (χ0) is 23.3. The second-order valence-corrected chi connectivity index (χ2v) is 9.49. The Hall–Kier alpha value is -3.87. The average molecular weight is 453 g/mol. The van der Waals surface area contributed by atoms with Crippen LogP contribution in [0.15, 0.2) is 54.7 Å². The lowest BCUT2D eigenvalue weighted by atomic mass is 10.1. The number of hydrogen-bond acceptors (Lipinski definition) is 5. The van der Waals surface area contributed by atoms with Crippen molar-refractivity contribution in [2.24, 2.45) is 0 Å². The van der Waals surface area contributed by atoms with Crippen molar-refractivity contribution < 1.29 is 4.74 Å². The fourth-order valence-corrected chi connectivity index (χ4v) is 4.72. The van der Waals surface area contributed by atoms with Crippen molar-refractivity contribution in [1.29, 1.82) is 0 Å². The summed E-state index contributed by atoms with van der Waals surface area (Å²) in [6.45, 7) is 7.76. The number of fused-ring (bicyclic) bond motifs is 4. The first-order valence-electron chi connectivity index (χ1n) is 11.9. The largest absolute Gasteiger partial charge is 0.462 e. The van der Waals surface area contributed by atoms with Gasteiger partial charge in [0.05, 0.1) is 5.54 Å². The summed E-state index contributed by atoms with van der Waals surface area (Å²) < 4.78 is 8.00. The summed E-state index contributed by atoms with van der Waals surface area (Å²) in [6.07, 6.45) is 3.92. The molecule has 0 bridgehead atoms. The van der Waals surface area contributed by atoms with Gasteiger partial charge >= 0.3 is 0 Å². The van der Waals surface area contributed by atoms with Gasteiger partial charge in [-0.05, 0) is 49.9 Å². The van der Waals surface area contributed by atoms with E-state index in [1.165, 1.54) is 16.5 Å². The lowest BCUT2D eigenvalue weighted by Crippen LogP contribution is -2.25. The van der Waals surface area contributed by atoms with Crippen molar-refractivity contribution in [3.8, 4) is 17.4 Å². The number of rotatable bonds is 6. The fourth-order valence-electron chi connectivity index (χ4n) is 4.72. The van der Waals surface area contributed by atoms with Gasteiger partial charge in [-0.3, -0.25) is 4.57 Å². The number of para-hydroxylation sites is 1. The highest BCUT2D eigenvalue weighted by molar-refractivity contribution is 5.87. The Balaban J connectivity index is 1.39. The molecule has 0 unspecified atom stereocenters. The SMILES string of the molecule is CCc1cccc(-c2nc(NCCc3c[nH]c4ccccc34)c3nc4n(c3n2)C(C)(C)CO4)c1. The van der Waals surface area contributed by atoms with Gasteiger partial charge < -0.3 is 15.0 Å². The van der Waals surface area contributed by atoms with Crippen LogP contribution in [0.4, 0.5) is 5.82 Å². The molecule has 34 heavy (non-hydrogen) atoms. The Labute approximate surface area is 198 Å². The van der Waals surface area contributed by atoms with Crippen LogP contribution in [0.3, 0.4) is 0 Å². The maximum atomic E-state index is 5.90. The van der Waals surface area contributed by atoms with Crippen LogP contribution in [-0.4, -0.2) is 37.7 Å². The lowest BCUT2D eigenvalue weighted by Gasteiger charge is -2.18. The van der Waals surface area contributed by atoms with Gasteiger partial charge in [0.25, 0.3) is 6.01 Å². The smallest absolute Gasteiger partial charge is 0.299 e. The molecule has 0 aliphatic carbocycles. The van der Waals surface area contributed by atoms with Crippen molar-refractivity contribution in [1.82, 2.24) is 24.5 Å². The topological polar surface area (TPSA) is 80.7 Å². The van der Waals surface area contributed by atoms with Gasteiger partial charge in [-0.15, -0.1) is 0 Å². The van der Waals surface area contributed by atoms with Gasteiger partial charge in [-0.1, -0.05) is 43.3 Å². The van der Waals surface area contributed by atoms with E-state index in [1.807, 2.05) is 0 Å². The van der Waals surface area contributed by atoms with Gasteiger partial charge in [0.1, 0.15) is 6.61 Å². The maximum Gasteiger partial charge on any atom is 0.299 e. The molecule has 6 rings (SSSR count). The summed E-state index contributed by atoms with van der Waals surface area (Å²) in [5.74, 6) is 1.44. The number of nitrogens with zero attached hydrogens (tertiary/aromatic N) is 4. The van der Waals surface area contributed by atoms with E-state index in [0.717, 1.165) is 47.4 Å². The van der Waals surface area contributed by atoms with Crippen LogP contribution < -0.4 is 10.1 Å². The minimum absolute atomic E-state index is 0.220. The number of aromatic nitrogens is 5. The van der Waals surface area contributed by atoms with Crippen LogP contribution in [0, 0.1) is 0 Å². The number of H-pyrrole nitrogens is 1. The monoisotopic (exact) mass is 452 g/mol. The third kappa shape index (κ3) is 3.39. The Morgan fingerprint density at radius 2 is 1.97 bits per heavy atom. The summed E-state index contributed by atoms with van der Waals surface area (Å²) in [4.78, 5) is 18.0. The summed E-state index contributed by atoms with van der Waals surface area (Å²) in [7, 11) is 0. The second kappa shape index (κ2) is 7.87. The average Bonchev–Trinajstić information content (AvgIpc) is 3.52. The molecule has 1 aliphatic rings. The van der Waals surface area contributed by atoms with E-state index in [-0.39, 0.29) is 5.54 Å². The highest BCUT2D eigenvalue weighted by Gasteiger charge is 2.36. The molecule has 3 aromatic heterocycles. The Kier molecular flexibility index (Phi) is 4.79. The molecule has 0 fully saturated rings. The molecule has 0 amide bonds. The molecular formula is C27H28N6O. The Morgan fingerprint density at radius 3 is 2.85 bits per heavy atom. The first-order valence-corrected chi connectivity index (χ1v) is 11.9. The molecule has 0 spiro atoms. The quantitative estimate of drug-likeness (QED) is 0.364. The number of nitrogens with one attached hydrogen (secondary N) is 2. The third-order valence-corrected chi connectivity index (χ3v) is 6.59. The highest BCUT2D eigenvalue weighted by Crippen LogP contribution is 2.37. The van der Waals surface area contributed by atoms with Crippen molar-refractivity contribution in [3.05, 3.63) is 65.9 Å². The van der Waals surface area contributed by atoms with Crippen molar-refractivity contribution >= 4 is 27.9 Å². The first kappa shape index (κ1) is 20.7. The van der Waals surface area contributed by atoms with E-state index < -0.39 is 0 Å². The summed E-state index contributed by atoms with van der Waals surface area (Å²) in [6, 6.07) is 17.4. The summed E-state index contributed by atoms with van der Waals surface area (Å²) in [5, 5.41) is 4.80. The maximum absolute atomic E-state index is 5.90. The molecule has 0 saturated heterocycles. The molecule has 0 saturated carbocycles. The van der Waals surface area contributed by atoms with Crippen molar-refractivity contribution in [2.45, 2.75) is 39.2 Å². The first-order chi connectivity index (χ1) is 16.5. The number of anilines is 1. The number of hydrogen-bond donors (Lipinski definition) is 2. The van der Waals surface area contributed by atoms with E-state index >= 15 is 0 Å². The zero-order valence-corrected chi connectivity index (χ0v) is 19.7. The molecule has 4 heterocycles. The molecule has 2 aromatic carbocycles. The molecule has 2 N–H and O–H groups in total. The molecular weight excluding hydrogens is 424 g/mol. The van der Waals surface area contributed by atoms with E-state index in [0.29, 0.717) is 18.4 Å². The summed E-state index contributed by atoms with van der Waals surface area (Å²) >= 11 is 0. The van der Waals surface area contributed by atoms with Gasteiger partial charge in [0.15, 0.2) is 22.8 Å². The minimum atomic E-state index is -0.220. The van der Waals surface area contributed by atoms with Crippen molar-refractivity contribution in [3.63, 3.8) is 0 Å². The van der Waals surface area contributed by atoms with E-state index in [9.17, 15) is 0 Å². The Bertz CT molecular complexity index is 1510. The molecule has 0 radical (unpaired) electrons. The van der Waals surface area contributed by atoms with Crippen LogP contribution in [0.2, 0.25) is 0 Å². The molecule has 0 atom stereocenters. The van der Waals surface area contributed by atoms with Crippen LogP contribution >= 0.6 is 0 Å². The van der Waals surface area contributed by atoms with E-state index in [4.69, 9.17) is 19.7 Å². The predicted octanol–water partition coefficient (Wildman–Crippen LogP) is 5.32. The van der Waals surface area contributed by atoms with E-state index in [1.54, 1.807) is 0 Å². The lowest BCUT2D eigenvalue weighted by molar-refractivity contribution is 0.268. The van der Waals surface area contributed by atoms with Gasteiger partial charge in [-0.25, -0.2) is 9.97 Å². The highest BCUT2D eigenvalue weighted by atomic mass is 16.5. The van der Waals surface area contributed by atoms with Crippen LogP contribution in [0.25, 0.3) is 33.5 Å². The van der Waals surface area contributed by atoms with Crippen LogP contribution in [-0.2, 0) is 18.4 Å². The van der Waals surface area contributed by atoms with Crippen molar-refractivity contribution in [2.75, 3.05) is 18.5 Å². The normalized spacial score (nSPS) is 14.4. The molecule has 172 valence electrons. The third-order valence-electron chi connectivity index (χ3n) is 6.59. The number of benzene rings is 2. The van der Waals surface area contributed by atoms with Gasteiger partial charge in [0, 0.05) is 29.2 Å².